The molecule has 0 saturated heterocycles. The quantitative estimate of drug-likeness (QED) is 0.723. The summed E-state index contributed by atoms with van der Waals surface area (Å²) in [5.41, 5.74) is -1.55. The standard InChI is InChI=1S/C13H10ClN5O3/c1-17-6-5-10(15-11(17)20)19-13(22)18(12(21)16-19)9-4-2-3-8(14)7-9/h2-7H,1H3,(H,16,21). The van der Waals surface area contributed by atoms with E-state index in [4.69, 9.17) is 11.6 Å². The molecule has 1 aromatic carbocycles. The lowest BCUT2D eigenvalue weighted by molar-refractivity contribution is 0.745. The van der Waals surface area contributed by atoms with Gasteiger partial charge in [-0.15, -0.1) is 0 Å². The Hall–Kier alpha value is -2.87. The van der Waals surface area contributed by atoms with E-state index in [0.29, 0.717) is 10.7 Å². The van der Waals surface area contributed by atoms with E-state index in [-0.39, 0.29) is 5.82 Å². The predicted octanol–water partition coefficient (Wildman–Crippen LogP) is 0.0636. The molecule has 0 saturated carbocycles. The summed E-state index contributed by atoms with van der Waals surface area (Å²) in [5.74, 6) is 0.0333. The number of H-pyrrole nitrogens is 1. The van der Waals surface area contributed by atoms with Gasteiger partial charge in [-0.3, -0.25) is 0 Å². The van der Waals surface area contributed by atoms with Gasteiger partial charge in [0.15, 0.2) is 5.82 Å². The molecule has 0 aliphatic carbocycles. The second-order valence-electron chi connectivity index (χ2n) is 4.53. The summed E-state index contributed by atoms with van der Waals surface area (Å²) in [5, 5.41) is 2.74. The zero-order valence-corrected chi connectivity index (χ0v) is 12.1. The number of aromatic amines is 1. The van der Waals surface area contributed by atoms with Crippen molar-refractivity contribution in [2.24, 2.45) is 7.05 Å². The van der Waals surface area contributed by atoms with Crippen LogP contribution in [-0.2, 0) is 7.05 Å². The molecule has 0 atom stereocenters. The number of nitrogens with one attached hydrogen (secondary N) is 1. The first kappa shape index (κ1) is 14.1. The Labute approximate surface area is 127 Å². The summed E-state index contributed by atoms with van der Waals surface area (Å²) in [4.78, 5) is 39.7. The van der Waals surface area contributed by atoms with Crippen molar-refractivity contribution in [3.05, 3.63) is 73.0 Å². The van der Waals surface area contributed by atoms with Crippen LogP contribution < -0.4 is 17.1 Å². The van der Waals surface area contributed by atoms with Crippen LogP contribution in [0.1, 0.15) is 0 Å². The Morgan fingerprint density at radius 1 is 1.18 bits per heavy atom. The van der Waals surface area contributed by atoms with Crippen molar-refractivity contribution in [1.29, 1.82) is 0 Å². The predicted molar refractivity (Wildman–Crippen MR) is 80.0 cm³/mol. The molecular formula is C13H10ClN5O3. The monoisotopic (exact) mass is 319 g/mol. The number of benzene rings is 1. The zero-order valence-electron chi connectivity index (χ0n) is 11.4. The first-order valence-electron chi connectivity index (χ1n) is 6.21. The fourth-order valence-corrected chi connectivity index (χ4v) is 2.14. The van der Waals surface area contributed by atoms with Gasteiger partial charge in [0.2, 0.25) is 0 Å². The third kappa shape index (κ3) is 2.29. The average Bonchev–Trinajstić information content (AvgIpc) is 2.77. The molecule has 0 spiro atoms. The molecule has 0 unspecified atom stereocenters. The maximum absolute atomic E-state index is 12.4. The van der Waals surface area contributed by atoms with Crippen molar-refractivity contribution < 1.29 is 0 Å². The Bertz CT molecular complexity index is 1030. The van der Waals surface area contributed by atoms with Crippen molar-refractivity contribution in [3.8, 4) is 11.5 Å². The van der Waals surface area contributed by atoms with Crippen LogP contribution in [0.5, 0.6) is 0 Å². The highest BCUT2D eigenvalue weighted by Crippen LogP contribution is 2.12. The van der Waals surface area contributed by atoms with Gasteiger partial charge in [-0.1, -0.05) is 17.7 Å². The Balaban J connectivity index is 2.23. The number of aryl methyl sites for hydroxylation is 1. The number of rotatable bonds is 2. The van der Waals surface area contributed by atoms with Crippen LogP contribution in [0.4, 0.5) is 0 Å². The molecule has 9 heteroatoms. The van der Waals surface area contributed by atoms with Crippen LogP contribution in [0, 0.1) is 0 Å². The van der Waals surface area contributed by atoms with Gasteiger partial charge in [-0.2, -0.15) is 9.67 Å². The van der Waals surface area contributed by atoms with Crippen LogP contribution in [-0.4, -0.2) is 23.9 Å². The molecule has 0 bridgehead atoms. The smallest absolute Gasteiger partial charge is 0.302 e. The first-order chi connectivity index (χ1) is 10.5. The highest BCUT2D eigenvalue weighted by atomic mass is 35.5. The highest BCUT2D eigenvalue weighted by molar-refractivity contribution is 6.30. The van der Waals surface area contributed by atoms with Gasteiger partial charge in [-0.05, 0) is 24.3 Å². The summed E-state index contributed by atoms with van der Waals surface area (Å²) in [7, 11) is 1.53. The maximum atomic E-state index is 12.4. The normalized spacial score (nSPS) is 10.8. The molecule has 0 aliphatic heterocycles. The Kier molecular flexibility index (Phi) is 3.30. The van der Waals surface area contributed by atoms with E-state index in [0.717, 1.165) is 9.25 Å². The zero-order chi connectivity index (χ0) is 15.9. The molecule has 0 fully saturated rings. The molecule has 0 aliphatic rings. The van der Waals surface area contributed by atoms with Crippen molar-refractivity contribution in [2.45, 2.75) is 0 Å². The van der Waals surface area contributed by atoms with E-state index in [1.165, 1.54) is 29.9 Å². The SMILES string of the molecule is Cn1ccc(-n2[nH]c(=O)n(-c3cccc(Cl)c3)c2=O)nc1=O. The molecule has 112 valence electrons. The van der Waals surface area contributed by atoms with Crippen LogP contribution in [0.3, 0.4) is 0 Å². The average molecular weight is 320 g/mol. The second-order valence-corrected chi connectivity index (χ2v) is 4.97. The van der Waals surface area contributed by atoms with Crippen LogP contribution in [0.25, 0.3) is 11.5 Å². The molecule has 2 heterocycles. The summed E-state index contributed by atoms with van der Waals surface area (Å²) in [6.07, 6.45) is 1.45. The first-order valence-corrected chi connectivity index (χ1v) is 6.59. The van der Waals surface area contributed by atoms with Gasteiger partial charge < -0.3 is 4.57 Å². The van der Waals surface area contributed by atoms with Crippen LogP contribution >= 0.6 is 11.6 Å². The van der Waals surface area contributed by atoms with Gasteiger partial charge in [-0.25, -0.2) is 24.0 Å². The Morgan fingerprint density at radius 2 is 1.95 bits per heavy atom. The number of halogens is 1. The molecule has 3 rings (SSSR count). The number of hydrogen-bond donors (Lipinski definition) is 1. The number of hydrogen-bond acceptors (Lipinski definition) is 4. The second kappa shape index (κ2) is 5.15. The molecule has 0 amide bonds. The Morgan fingerprint density at radius 3 is 2.64 bits per heavy atom. The van der Waals surface area contributed by atoms with Gasteiger partial charge in [0, 0.05) is 18.3 Å². The summed E-state index contributed by atoms with van der Waals surface area (Å²) in [6.45, 7) is 0. The van der Waals surface area contributed by atoms with E-state index in [1.807, 2.05) is 0 Å². The van der Waals surface area contributed by atoms with E-state index < -0.39 is 17.1 Å². The van der Waals surface area contributed by atoms with Gasteiger partial charge in [0.1, 0.15) is 0 Å². The lowest BCUT2D eigenvalue weighted by atomic mass is 10.3. The molecule has 3 aromatic rings. The lowest BCUT2D eigenvalue weighted by Crippen LogP contribution is -2.28. The van der Waals surface area contributed by atoms with Crippen molar-refractivity contribution in [2.75, 3.05) is 0 Å². The van der Waals surface area contributed by atoms with Crippen LogP contribution in [0.15, 0.2) is 50.9 Å². The minimum atomic E-state index is -0.673. The molecule has 1 N–H and O–H groups in total. The lowest BCUT2D eigenvalue weighted by Gasteiger charge is -2.01. The van der Waals surface area contributed by atoms with Crippen LogP contribution in [0.2, 0.25) is 5.02 Å². The molecule has 0 radical (unpaired) electrons. The van der Waals surface area contributed by atoms with Gasteiger partial charge in [0.05, 0.1) is 5.69 Å². The summed E-state index contributed by atoms with van der Waals surface area (Å²) >= 11 is 5.87. The third-order valence-electron chi connectivity index (χ3n) is 3.05. The third-order valence-corrected chi connectivity index (χ3v) is 3.28. The fraction of sp³-hybridized carbons (Fsp3) is 0.0769. The molecular weight excluding hydrogens is 310 g/mol. The topological polar surface area (TPSA) is 94.7 Å². The minimum Gasteiger partial charge on any atom is -0.302 e. The van der Waals surface area contributed by atoms with E-state index >= 15 is 0 Å². The number of aromatic nitrogens is 5. The maximum Gasteiger partial charge on any atom is 0.357 e. The highest BCUT2D eigenvalue weighted by Gasteiger charge is 2.13. The largest absolute Gasteiger partial charge is 0.357 e. The van der Waals surface area contributed by atoms with Crippen molar-refractivity contribution in [1.82, 2.24) is 23.9 Å². The van der Waals surface area contributed by atoms with E-state index in [9.17, 15) is 14.4 Å². The fourth-order valence-electron chi connectivity index (χ4n) is 1.96. The number of nitrogens with zero attached hydrogens (tertiary/aromatic N) is 4. The minimum absolute atomic E-state index is 0.0333. The van der Waals surface area contributed by atoms with Gasteiger partial charge in [0.25, 0.3) is 0 Å². The molecule has 8 nitrogen and oxygen atoms in total. The summed E-state index contributed by atoms with van der Waals surface area (Å²) in [6, 6.07) is 7.76. The molecule has 22 heavy (non-hydrogen) atoms. The molecule has 2 aromatic heterocycles. The van der Waals surface area contributed by atoms with Crippen molar-refractivity contribution in [3.63, 3.8) is 0 Å². The van der Waals surface area contributed by atoms with E-state index in [1.54, 1.807) is 18.2 Å². The van der Waals surface area contributed by atoms with Crippen molar-refractivity contribution >= 4 is 11.6 Å². The summed E-state index contributed by atoms with van der Waals surface area (Å²) < 4.78 is 3.07. The van der Waals surface area contributed by atoms with E-state index in [2.05, 4.69) is 10.1 Å². The van der Waals surface area contributed by atoms with Gasteiger partial charge >= 0.3 is 17.1 Å².